The molecule has 0 saturated carbocycles. The smallest absolute Gasteiger partial charge is 0.217 e. The minimum Gasteiger partial charge on any atom is -0.394 e. The van der Waals surface area contributed by atoms with Crippen LogP contribution in [0.25, 0.3) is 0 Å². The maximum absolute atomic E-state index is 11.1. The summed E-state index contributed by atoms with van der Waals surface area (Å²) in [5.41, 5.74) is 0. The van der Waals surface area contributed by atoms with Crippen molar-refractivity contribution >= 4 is 5.91 Å². The minimum atomic E-state index is -1.27. The molecular weight excluding hydrogens is 254 g/mol. The van der Waals surface area contributed by atoms with Crippen molar-refractivity contribution in [3.8, 4) is 0 Å². The van der Waals surface area contributed by atoms with E-state index in [0.717, 1.165) is 12.8 Å². The molecule has 7 nitrogen and oxygen atoms in total. The van der Waals surface area contributed by atoms with Crippen molar-refractivity contribution in [2.45, 2.75) is 57.3 Å². The van der Waals surface area contributed by atoms with E-state index in [-0.39, 0.29) is 5.91 Å². The van der Waals surface area contributed by atoms with Gasteiger partial charge in [-0.25, -0.2) is 0 Å². The van der Waals surface area contributed by atoms with Gasteiger partial charge in [-0.3, -0.25) is 4.79 Å². The summed E-state index contributed by atoms with van der Waals surface area (Å²) < 4.78 is 10.8. The zero-order valence-corrected chi connectivity index (χ0v) is 11.3. The molecule has 7 heteroatoms. The Hall–Kier alpha value is -0.730. The third-order valence-corrected chi connectivity index (χ3v) is 3.03. The highest BCUT2D eigenvalue weighted by Gasteiger charge is 2.45. The molecule has 0 aliphatic carbocycles. The van der Waals surface area contributed by atoms with Gasteiger partial charge >= 0.3 is 0 Å². The van der Waals surface area contributed by atoms with E-state index in [1.54, 1.807) is 0 Å². The third kappa shape index (κ3) is 4.39. The van der Waals surface area contributed by atoms with E-state index in [2.05, 4.69) is 5.32 Å². The SMILES string of the molecule is CCCCO[C@@H]1OC(CO)[C@@H](O)C(O)C1NC(C)=O. The number of ether oxygens (including phenoxy) is 2. The van der Waals surface area contributed by atoms with E-state index in [4.69, 9.17) is 14.6 Å². The van der Waals surface area contributed by atoms with Crippen LogP contribution in [-0.2, 0) is 14.3 Å². The van der Waals surface area contributed by atoms with Gasteiger partial charge in [-0.1, -0.05) is 13.3 Å². The first-order valence-corrected chi connectivity index (χ1v) is 6.52. The van der Waals surface area contributed by atoms with Crippen molar-refractivity contribution in [3.05, 3.63) is 0 Å². The van der Waals surface area contributed by atoms with E-state index in [1.165, 1.54) is 6.92 Å². The summed E-state index contributed by atoms with van der Waals surface area (Å²) >= 11 is 0. The average molecular weight is 277 g/mol. The lowest BCUT2D eigenvalue weighted by molar-refractivity contribution is -0.270. The number of unbranched alkanes of at least 4 members (excludes halogenated alkanes) is 1. The van der Waals surface area contributed by atoms with Crippen LogP contribution in [0.15, 0.2) is 0 Å². The van der Waals surface area contributed by atoms with Crippen molar-refractivity contribution in [1.29, 1.82) is 0 Å². The first-order chi connectivity index (χ1) is 9.01. The van der Waals surface area contributed by atoms with Gasteiger partial charge in [0.2, 0.25) is 5.91 Å². The van der Waals surface area contributed by atoms with E-state index in [9.17, 15) is 15.0 Å². The first kappa shape index (κ1) is 16.3. The molecule has 1 amide bonds. The van der Waals surface area contributed by atoms with Gasteiger partial charge in [-0.15, -0.1) is 0 Å². The summed E-state index contributed by atoms with van der Waals surface area (Å²) in [6.07, 6.45) is -2.58. The molecule has 0 aromatic rings. The molecule has 1 heterocycles. The van der Waals surface area contributed by atoms with Gasteiger partial charge in [-0.05, 0) is 6.42 Å². The van der Waals surface area contributed by atoms with Gasteiger partial charge < -0.3 is 30.1 Å². The number of carbonyl (C=O) groups excluding carboxylic acids is 1. The van der Waals surface area contributed by atoms with Gasteiger partial charge in [0.25, 0.3) is 0 Å². The Morgan fingerprint density at radius 2 is 2.05 bits per heavy atom. The Morgan fingerprint density at radius 1 is 1.37 bits per heavy atom. The molecule has 0 radical (unpaired) electrons. The highest BCUT2D eigenvalue weighted by atomic mass is 16.7. The Bertz CT molecular complexity index is 287. The fourth-order valence-electron chi connectivity index (χ4n) is 1.96. The summed E-state index contributed by atoms with van der Waals surface area (Å²) in [4.78, 5) is 11.1. The maximum atomic E-state index is 11.1. The third-order valence-electron chi connectivity index (χ3n) is 3.03. The maximum Gasteiger partial charge on any atom is 0.217 e. The van der Waals surface area contributed by atoms with Gasteiger partial charge in [0.05, 0.1) is 6.61 Å². The second-order valence-electron chi connectivity index (χ2n) is 4.66. The lowest BCUT2D eigenvalue weighted by Crippen LogP contribution is -2.64. The lowest BCUT2D eigenvalue weighted by Gasteiger charge is -2.42. The fourth-order valence-corrected chi connectivity index (χ4v) is 1.96. The molecule has 0 aromatic carbocycles. The Balaban J connectivity index is 2.71. The second-order valence-corrected chi connectivity index (χ2v) is 4.66. The van der Waals surface area contributed by atoms with Gasteiger partial charge in [0, 0.05) is 13.5 Å². The predicted molar refractivity (Wildman–Crippen MR) is 66.2 cm³/mol. The topological polar surface area (TPSA) is 108 Å². The van der Waals surface area contributed by atoms with Gasteiger partial charge in [-0.2, -0.15) is 0 Å². The first-order valence-electron chi connectivity index (χ1n) is 6.52. The summed E-state index contributed by atoms with van der Waals surface area (Å²) in [6, 6.07) is -0.854. The van der Waals surface area contributed by atoms with Crippen LogP contribution in [0.2, 0.25) is 0 Å². The fraction of sp³-hybridized carbons (Fsp3) is 0.917. The molecule has 1 aliphatic rings. The zero-order chi connectivity index (χ0) is 14.4. The number of hydrogen-bond donors (Lipinski definition) is 4. The highest BCUT2D eigenvalue weighted by molar-refractivity contribution is 5.73. The molecule has 1 fully saturated rings. The summed E-state index contributed by atoms with van der Waals surface area (Å²) in [7, 11) is 0. The van der Waals surface area contributed by atoms with Gasteiger partial charge in [0.15, 0.2) is 6.29 Å². The molecule has 5 atom stereocenters. The largest absolute Gasteiger partial charge is 0.394 e. The lowest BCUT2D eigenvalue weighted by atomic mass is 9.97. The van der Waals surface area contributed by atoms with E-state index >= 15 is 0 Å². The van der Waals surface area contributed by atoms with Crippen LogP contribution in [0.1, 0.15) is 26.7 Å². The minimum absolute atomic E-state index is 0.355. The Kier molecular flexibility index (Phi) is 6.67. The molecule has 0 aromatic heterocycles. The Morgan fingerprint density at radius 3 is 2.58 bits per heavy atom. The quantitative estimate of drug-likeness (QED) is 0.452. The number of rotatable bonds is 6. The van der Waals surface area contributed by atoms with Crippen molar-refractivity contribution in [3.63, 3.8) is 0 Å². The van der Waals surface area contributed by atoms with Crippen molar-refractivity contribution in [2.75, 3.05) is 13.2 Å². The monoisotopic (exact) mass is 277 g/mol. The van der Waals surface area contributed by atoms with E-state index < -0.39 is 37.3 Å². The van der Waals surface area contributed by atoms with Crippen LogP contribution in [-0.4, -0.2) is 65.1 Å². The molecule has 112 valence electrons. The van der Waals surface area contributed by atoms with E-state index in [0.29, 0.717) is 6.61 Å². The van der Waals surface area contributed by atoms with Crippen LogP contribution in [0.4, 0.5) is 0 Å². The average Bonchev–Trinajstić information content (AvgIpc) is 2.37. The molecule has 4 N–H and O–H groups in total. The number of carbonyl (C=O) groups is 1. The number of hydrogen-bond acceptors (Lipinski definition) is 6. The molecule has 3 unspecified atom stereocenters. The van der Waals surface area contributed by atoms with Crippen LogP contribution in [0.5, 0.6) is 0 Å². The number of aliphatic hydroxyl groups is 3. The molecule has 1 rings (SSSR count). The van der Waals surface area contributed by atoms with Crippen LogP contribution >= 0.6 is 0 Å². The molecule has 0 spiro atoms. The van der Waals surface area contributed by atoms with Gasteiger partial charge in [0.1, 0.15) is 24.4 Å². The molecule has 1 saturated heterocycles. The highest BCUT2D eigenvalue weighted by Crippen LogP contribution is 2.22. The summed E-state index contributed by atoms with van der Waals surface area (Å²) in [5, 5.41) is 31.3. The number of amides is 1. The van der Waals surface area contributed by atoms with Crippen molar-refractivity contribution in [1.82, 2.24) is 5.32 Å². The van der Waals surface area contributed by atoms with Crippen LogP contribution in [0, 0.1) is 0 Å². The van der Waals surface area contributed by atoms with Crippen molar-refractivity contribution < 1.29 is 29.6 Å². The zero-order valence-electron chi connectivity index (χ0n) is 11.3. The van der Waals surface area contributed by atoms with Crippen LogP contribution in [0.3, 0.4) is 0 Å². The number of aliphatic hydroxyl groups excluding tert-OH is 3. The standard InChI is InChI=1S/C12H23NO6/c1-3-4-5-18-12-9(13-7(2)15)11(17)10(16)8(6-14)19-12/h8-12,14,16-17H,3-6H2,1-2H3,(H,13,15)/t8?,9?,10-,11?,12-/m1/s1. The van der Waals surface area contributed by atoms with Crippen LogP contribution < -0.4 is 5.32 Å². The normalized spacial score (nSPS) is 35.1. The molecule has 1 aliphatic heterocycles. The molecule has 0 bridgehead atoms. The second kappa shape index (κ2) is 7.76. The predicted octanol–water partition coefficient (Wildman–Crippen LogP) is -1.25. The number of nitrogens with one attached hydrogen (secondary N) is 1. The summed E-state index contributed by atoms with van der Waals surface area (Å²) in [5.74, 6) is -0.355. The summed E-state index contributed by atoms with van der Waals surface area (Å²) in [6.45, 7) is 3.29. The van der Waals surface area contributed by atoms with E-state index in [1.807, 2.05) is 6.92 Å². The van der Waals surface area contributed by atoms with Crippen molar-refractivity contribution in [2.24, 2.45) is 0 Å². The molecular formula is C12H23NO6. The Labute approximate surface area is 112 Å². The molecule has 19 heavy (non-hydrogen) atoms.